The maximum absolute atomic E-state index is 6.02. The summed E-state index contributed by atoms with van der Waals surface area (Å²) in [5.41, 5.74) is 2.50. The molecule has 1 fully saturated rings. The summed E-state index contributed by atoms with van der Waals surface area (Å²) in [7, 11) is 0. The molecule has 0 unspecified atom stereocenters. The Bertz CT molecular complexity index is 585. The van der Waals surface area contributed by atoms with Gasteiger partial charge in [-0.15, -0.1) is 11.6 Å². The Morgan fingerprint density at radius 2 is 2.17 bits per heavy atom. The number of nitrogens with zero attached hydrogens (tertiary/aromatic N) is 2. The number of fused-ring (bicyclic) bond motifs is 1. The molecule has 0 aliphatic heterocycles. The van der Waals surface area contributed by atoms with Crippen LogP contribution in [-0.2, 0) is 12.4 Å². The van der Waals surface area contributed by atoms with E-state index in [2.05, 4.69) is 16.5 Å². The van der Waals surface area contributed by atoms with Crippen molar-refractivity contribution in [1.29, 1.82) is 0 Å². The van der Waals surface area contributed by atoms with Crippen LogP contribution in [0.5, 0.6) is 0 Å². The normalized spacial score (nSPS) is 17.9. The molecule has 1 aliphatic carbocycles. The smallest absolute Gasteiger partial charge is 0.124 e. The van der Waals surface area contributed by atoms with Gasteiger partial charge < -0.3 is 4.57 Å². The van der Waals surface area contributed by atoms with Crippen molar-refractivity contribution in [2.75, 3.05) is 0 Å². The largest absolute Gasteiger partial charge is 0.326 e. The molecule has 18 heavy (non-hydrogen) atoms. The first-order valence-corrected chi connectivity index (χ1v) is 7.23. The van der Waals surface area contributed by atoms with Crippen LogP contribution in [0.25, 0.3) is 11.0 Å². The Morgan fingerprint density at radius 3 is 2.78 bits per heavy atom. The van der Waals surface area contributed by atoms with Crippen molar-refractivity contribution in [2.24, 2.45) is 5.41 Å². The first-order chi connectivity index (χ1) is 8.61. The van der Waals surface area contributed by atoms with Gasteiger partial charge in [0.05, 0.1) is 16.9 Å². The van der Waals surface area contributed by atoms with Crippen molar-refractivity contribution in [3.05, 3.63) is 29.0 Å². The second kappa shape index (κ2) is 4.43. The third-order valence-electron chi connectivity index (χ3n) is 4.01. The topological polar surface area (TPSA) is 17.8 Å². The van der Waals surface area contributed by atoms with E-state index in [-0.39, 0.29) is 0 Å². The zero-order valence-electron chi connectivity index (χ0n) is 10.4. The number of hydrogen-bond acceptors (Lipinski definition) is 1. The second-order valence-corrected chi connectivity index (χ2v) is 6.25. The Hall–Kier alpha value is -0.730. The number of rotatable bonds is 3. The number of benzene rings is 1. The molecule has 3 rings (SSSR count). The molecule has 0 saturated heterocycles. The highest BCUT2D eigenvalue weighted by molar-refractivity contribution is 6.31. The molecule has 0 N–H and O–H groups in total. The minimum Gasteiger partial charge on any atom is -0.326 e. The second-order valence-electron chi connectivity index (χ2n) is 5.55. The first-order valence-electron chi connectivity index (χ1n) is 6.32. The van der Waals surface area contributed by atoms with Gasteiger partial charge in [0.1, 0.15) is 5.82 Å². The van der Waals surface area contributed by atoms with Crippen LogP contribution in [0.15, 0.2) is 18.2 Å². The molecule has 1 aliphatic rings. The highest BCUT2D eigenvalue weighted by Gasteiger charge is 2.33. The van der Waals surface area contributed by atoms with Crippen LogP contribution in [0.3, 0.4) is 0 Å². The number of halogens is 2. The van der Waals surface area contributed by atoms with Crippen molar-refractivity contribution in [2.45, 2.75) is 38.6 Å². The third-order valence-corrected chi connectivity index (χ3v) is 4.48. The minimum absolute atomic E-state index is 0.411. The van der Waals surface area contributed by atoms with Crippen molar-refractivity contribution < 1.29 is 0 Å². The highest BCUT2D eigenvalue weighted by Crippen LogP contribution is 2.42. The van der Waals surface area contributed by atoms with Crippen LogP contribution in [0.1, 0.15) is 32.0 Å². The maximum Gasteiger partial charge on any atom is 0.124 e. The molecule has 0 atom stereocenters. The quantitative estimate of drug-likeness (QED) is 0.752. The molecule has 1 aromatic heterocycles. The van der Waals surface area contributed by atoms with Crippen LogP contribution in [-0.4, -0.2) is 9.55 Å². The lowest BCUT2D eigenvalue weighted by molar-refractivity contribution is 0.133. The number of aromatic nitrogens is 2. The molecule has 1 heterocycles. The third kappa shape index (κ3) is 2.02. The summed E-state index contributed by atoms with van der Waals surface area (Å²) in [5, 5.41) is 0.725. The lowest BCUT2D eigenvalue weighted by atomic mass is 9.70. The molecule has 0 amide bonds. The van der Waals surface area contributed by atoms with E-state index in [1.165, 1.54) is 19.3 Å². The molecular weight excluding hydrogens is 267 g/mol. The molecule has 0 spiro atoms. The Morgan fingerprint density at radius 1 is 1.39 bits per heavy atom. The standard InChI is InChI=1S/C14H16Cl2N2/c1-14(5-2-6-14)9-18-12-4-3-10(16)7-11(12)17-13(18)8-15/h3-4,7H,2,5-6,8-9H2,1H3. The molecular formula is C14H16Cl2N2. The zero-order valence-corrected chi connectivity index (χ0v) is 11.9. The number of hydrogen-bond donors (Lipinski definition) is 0. The van der Waals surface area contributed by atoms with Gasteiger partial charge in [-0.3, -0.25) is 0 Å². The minimum atomic E-state index is 0.411. The van der Waals surface area contributed by atoms with Crippen molar-refractivity contribution >= 4 is 34.2 Å². The molecule has 1 saturated carbocycles. The zero-order chi connectivity index (χ0) is 12.8. The van der Waals surface area contributed by atoms with Crippen molar-refractivity contribution in [3.8, 4) is 0 Å². The summed E-state index contributed by atoms with van der Waals surface area (Å²) in [6.45, 7) is 3.35. The van der Waals surface area contributed by atoms with Crippen LogP contribution < -0.4 is 0 Å². The van der Waals surface area contributed by atoms with E-state index >= 15 is 0 Å². The molecule has 0 bridgehead atoms. The van der Waals surface area contributed by atoms with Gasteiger partial charge in [0.25, 0.3) is 0 Å². The van der Waals surface area contributed by atoms with E-state index in [0.717, 1.165) is 28.4 Å². The van der Waals surface area contributed by atoms with Gasteiger partial charge in [-0.2, -0.15) is 0 Å². The van der Waals surface area contributed by atoms with E-state index in [4.69, 9.17) is 23.2 Å². The van der Waals surface area contributed by atoms with Gasteiger partial charge >= 0.3 is 0 Å². The van der Waals surface area contributed by atoms with Crippen molar-refractivity contribution in [1.82, 2.24) is 9.55 Å². The molecule has 1 aromatic carbocycles. The summed E-state index contributed by atoms with van der Waals surface area (Å²) in [6.07, 6.45) is 3.93. The fourth-order valence-corrected chi connectivity index (χ4v) is 3.12. The SMILES string of the molecule is CC1(Cn2c(CCl)nc3cc(Cl)ccc32)CCC1. The van der Waals surface area contributed by atoms with Gasteiger partial charge in [0, 0.05) is 11.6 Å². The molecule has 2 aromatic rings. The Balaban J connectivity index is 2.07. The maximum atomic E-state index is 6.02. The van der Waals surface area contributed by atoms with Gasteiger partial charge in [0.2, 0.25) is 0 Å². The van der Waals surface area contributed by atoms with Gasteiger partial charge in [-0.05, 0) is 36.5 Å². The fraction of sp³-hybridized carbons (Fsp3) is 0.500. The number of alkyl halides is 1. The molecule has 2 nitrogen and oxygen atoms in total. The van der Waals surface area contributed by atoms with Gasteiger partial charge in [-0.1, -0.05) is 24.9 Å². The van der Waals surface area contributed by atoms with E-state index in [9.17, 15) is 0 Å². The average Bonchev–Trinajstić information content (AvgIpc) is 2.64. The molecule has 4 heteroatoms. The lowest BCUT2D eigenvalue weighted by Crippen LogP contribution is -2.31. The van der Waals surface area contributed by atoms with Crippen LogP contribution in [0, 0.1) is 5.41 Å². The highest BCUT2D eigenvalue weighted by atomic mass is 35.5. The van der Waals surface area contributed by atoms with Gasteiger partial charge in [-0.25, -0.2) is 4.98 Å². The summed E-state index contributed by atoms with van der Waals surface area (Å²) >= 11 is 12.0. The number of imidazole rings is 1. The Kier molecular flexibility index (Phi) is 3.03. The summed E-state index contributed by atoms with van der Waals surface area (Å²) in [6, 6.07) is 5.87. The molecule has 0 radical (unpaired) electrons. The summed E-state index contributed by atoms with van der Waals surface area (Å²) in [5.74, 6) is 1.39. The van der Waals surface area contributed by atoms with E-state index in [0.29, 0.717) is 11.3 Å². The van der Waals surface area contributed by atoms with Crippen LogP contribution >= 0.6 is 23.2 Å². The first kappa shape index (κ1) is 12.3. The Labute approximate surface area is 117 Å². The predicted molar refractivity (Wildman–Crippen MR) is 76.3 cm³/mol. The molecule has 96 valence electrons. The van der Waals surface area contributed by atoms with Crippen molar-refractivity contribution in [3.63, 3.8) is 0 Å². The average molecular weight is 283 g/mol. The summed E-state index contributed by atoms with van der Waals surface area (Å²) < 4.78 is 2.26. The van der Waals surface area contributed by atoms with Crippen LogP contribution in [0.4, 0.5) is 0 Å². The predicted octanol–water partition coefficient (Wildman–Crippen LogP) is 4.62. The monoisotopic (exact) mass is 282 g/mol. The van der Waals surface area contributed by atoms with E-state index in [1.54, 1.807) is 0 Å². The van der Waals surface area contributed by atoms with Gasteiger partial charge in [0.15, 0.2) is 0 Å². The summed E-state index contributed by atoms with van der Waals surface area (Å²) in [4.78, 5) is 4.58. The van der Waals surface area contributed by atoms with E-state index in [1.807, 2.05) is 18.2 Å². The van der Waals surface area contributed by atoms with E-state index < -0.39 is 0 Å². The lowest BCUT2D eigenvalue weighted by Gasteiger charge is -2.39. The van der Waals surface area contributed by atoms with Crippen LogP contribution in [0.2, 0.25) is 5.02 Å². The fourth-order valence-electron chi connectivity index (χ4n) is 2.75.